The summed E-state index contributed by atoms with van der Waals surface area (Å²) in [6.07, 6.45) is 3.83. The minimum absolute atomic E-state index is 0. The topological polar surface area (TPSA) is 21.3 Å². The molecule has 1 aromatic rings. The highest BCUT2D eigenvalue weighted by Crippen LogP contribution is 2.17. The SMILES string of the molecule is Cl.Ic1ccc(OCCC2CCCNC2)cc1. The molecule has 0 saturated carbocycles. The first-order valence-electron chi connectivity index (χ1n) is 5.94. The lowest BCUT2D eigenvalue weighted by Crippen LogP contribution is -2.30. The summed E-state index contributed by atoms with van der Waals surface area (Å²) in [4.78, 5) is 0. The molecular formula is C13H19ClINO. The van der Waals surface area contributed by atoms with Crippen molar-refractivity contribution in [2.24, 2.45) is 5.92 Å². The van der Waals surface area contributed by atoms with Gasteiger partial charge in [-0.05, 0) is 85.1 Å². The minimum Gasteiger partial charge on any atom is -0.494 e. The summed E-state index contributed by atoms with van der Waals surface area (Å²) >= 11 is 2.31. The van der Waals surface area contributed by atoms with E-state index in [2.05, 4.69) is 40.0 Å². The molecule has 0 amide bonds. The summed E-state index contributed by atoms with van der Waals surface area (Å²) in [7, 11) is 0. The molecule has 2 nitrogen and oxygen atoms in total. The number of halogens is 2. The van der Waals surface area contributed by atoms with Crippen molar-refractivity contribution in [3.05, 3.63) is 27.8 Å². The highest BCUT2D eigenvalue weighted by atomic mass is 127. The summed E-state index contributed by atoms with van der Waals surface area (Å²) in [6, 6.07) is 8.25. The number of nitrogens with one attached hydrogen (secondary N) is 1. The lowest BCUT2D eigenvalue weighted by molar-refractivity contribution is 0.254. The van der Waals surface area contributed by atoms with E-state index in [9.17, 15) is 0 Å². The van der Waals surface area contributed by atoms with Gasteiger partial charge in [0.1, 0.15) is 5.75 Å². The molecule has 1 aliphatic heterocycles. The Bertz CT molecular complexity index is 312. The molecule has 1 unspecified atom stereocenters. The third-order valence-electron chi connectivity index (χ3n) is 3.01. The van der Waals surface area contributed by atoms with Crippen LogP contribution in [0.1, 0.15) is 19.3 Å². The highest BCUT2D eigenvalue weighted by molar-refractivity contribution is 14.1. The number of ether oxygens (including phenoxy) is 1. The third kappa shape index (κ3) is 5.44. The molecular weight excluding hydrogens is 349 g/mol. The van der Waals surface area contributed by atoms with E-state index in [1.165, 1.54) is 29.4 Å². The second-order valence-corrected chi connectivity index (χ2v) is 5.55. The van der Waals surface area contributed by atoms with Crippen molar-refractivity contribution in [3.8, 4) is 5.75 Å². The Hall–Kier alpha value is 0. The smallest absolute Gasteiger partial charge is 0.119 e. The van der Waals surface area contributed by atoms with E-state index < -0.39 is 0 Å². The fourth-order valence-electron chi connectivity index (χ4n) is 2.04. The largest absolute Gasteiger partial charge is 0.494 e. The molecule has 2 rings (SSSR count). The van der Waals surface area contributed by atoms with Gasteiger partial charge in [0.15, 0.2) is 0 Å². The molecule has 4 heteroatoms. The maximum Gasteiger partial charge on any atom is 0.119 e. The third-order valence-corrected chi connectivity index (χ3v) is 3.73. The molecule has 0 aromatic heterocycles. The summed E-state index contributed by atoms with van der Waals surface area (Å²) in [6.45, 7) is 3.19. The number of rotatable bonds is 4. The average molecular weight is 368 g/mol. The van der Waals surface area contributed by atoms with Crippen molar-refractivity contribution in [3.63, 3.8) is 0 Å². The van der Waals surface area contributed by atoms with Crippen LogP contribution in [0, 0.1) is 9.49 Å². The molecule has 1 aromatic carbocycles. The standard InChI is InChI=1S/C13H18INO.ClH/c14-12-3-5-13(6-4-12)16-9-7-11-2-1-8-15-10-11;/h3-6,11,15H,1-2,7-10H2;1H. The zero-order valence-corrected chi connectivity index (χ0v) is 12.8. The number of hydrogen-bond donors (Lipinski definition) is 1. The second-order valence-electron chi connectivity index (χ2n) is 4.30. The summed E-state index contributed by atoms with van der Waals surface area (Å²) in [5.41, 5.74) is 0. The molecule has 17 heavy (non-hydrogen) atoms. The van der Waals surface area contributed by atoms with Gasteiger partial charge in [-0.2, -0.15) is 0 Å². The minimum atomic E-state index is 0. The van der Waals surface area contributed by atoms with Crippen LogP contribution in [-0.4, -0.2) is 19.7 Å². The quantitative estimate of drug-likeness (QED) is 0.823. The summed E-state index contributed by atoms with van der Waals surface area (Å²) in [5, 5.41) is 3.43. The Labute approximate surface area is 123 Å². The van der Waals surface area contributed by atoms with E-state index in [0.717, 1.165) is 24.8 Å². The normalized spacial score (nSPS) is 19.5. The number of benzene rings is 1. The van der Waals surface area contributed by atoms with Crippen molar-refractivity contribution in [1.82, 2.24) is 5.32 Å². The summed E-state index contributed by atoms with van der Waals surface area (Å²) < 4.78 is 6.98. The zero-order valence-electron chi connectivity index (χ0n) is 9.82. The molecule has 0 bridgehead atoms. The van der Waals surface area contributed by atoms with Gasteiger partial charge in [-0.15, -0.1) is 12.4 Å². The van der Waals surface area contributed by atoms with Gasteiger partial charge in [0.05, 0.1) is 6.61 Å². The van der Waals surface area contributed by atoms with Crippen molar-refractivity contribution in [2.75, 3.05) is 19.7 Å². The van der Waals surface area contributed by atoms with Crippen LogP contribution in [0.25, 0.3) is 0 Å². The van der Waals surface area contributed by atoms with Crippen molar-refractivity contribution >= 4 is 35.0 Å². The fraction of sp³-hybridized carbons (Fsp3) is 0.538. The van der Waals surface area contributed by atoms with E-state index in [-0.39, 0.29) is 12.4 Å². The van der Waals surface area contributed by atoms with Crippen molar-refractivity contribution in [2.45, 2.75) is 19.3 Å². The van der Waals surface area contributed by atoms with Crippen LogP contribution >= 0.6 is 35.0 Å². The highest BCUT2D eigenvalue weighted by Gasteiger charge is 2.12. The predicted octanol–water partition coefficient (Wildman–Crippen LogP) is 3.48. The van der Waals surface area contributed by atoms with Crippen molar-refractivity contribution < 1.29 is 4.74 Å². The monoisotopic (exact) mass is 367 g/mol. The molecule has 1 saturated heterocycles. The van der Waals surface area contributed by atoms with E-state index in [4.69, 9.17) is 4.74 Å². The van der Waals surface area contributed by atoms with E-state index in [1.54, 1.807) is 0 Å². The molecule has 1 N–H and O–H groups in total. The lowest BCUT2D eigenvalue weighted by atomic mass is 9.97. The van der Waals surface area contributed by atoms with Crippen LogP contribution in [0.5, 0.6) is 5.75 Å². The molecule has 1 aliphatic rings. The Balaban J connectivity index is 0.00000144. The van der Waals surface area contributed by atoms with Gasteiger partial charge in [0, 0.05) is 3.57 Å². The molecule has 1 heterocycles. The van der Waals surface area contributed by atoms with Crippen molar-refractivity contribution in [1.29, 1.82) is 0 Å². The average Bonchev–Trinajstić information content (AvgIpc) is 2.33. The Kier molecular flexibility index (Phi) is 7.23. The maximum atomic E-state index is 5.73. The van der Waals surface area contributed by atoms with Gasteiger partial charge < -0.3 is 10.1 Å². The van der Waals surface area contributed by atoms with Crippen LogP contribution in [0.2, 0.25) is 0 Å². The van der Waals surface area contributed by atoms with E-state index >= 15 is 0 Å². The predicted molar refractivity (Wildman–Crippen MR) is 82.1 cm³/mol. The van der Waals surface area contributed by atoms with E-state index in [0.29, 0.717) is 0 Å². The van der Waals surface area contributed by atoms with Crippen LogP contribution in [0.4, 0.5) is 0 Å². The van der Waals surface area contributed by atoms with Crippen LogP contribution in [0.15, 0.2) is 24.3 Å². The van der Waals surface area contributed by atoms with Gasteiger partial charge in [-0.25, -0.2) is 0 Å². The molecule has 1 atom stereocenters. The Morgan fingerprint density at radius 1 is 1.29 bits per heavy atom. The number of piperidine rings is 1. The zero-order chi connectivity index (χ0) is 11.2. The van der Waals surface area contributed by atoms with Gasteiger partial charge in [-0.1, -0.05) is 0 Å². The fourth-order valence-corrected chi connectivity index (χ4v) is 2.40. The van der Waals surface area contributed by atoms with Gasteiger partial charge >= 0.3 is 0 Å². The first-order chi connectivity index (χ1) is 7.84. The maximum absolute atomic E-state index is 5.73. The Morgan fingerprint density at radius 2 is 2.06 bits per heavy atom. The van der Waals surface area contributed by atoms with Gasteiger partial charge in [0.2, 0.25) is 0 Å². The lowest BCUT2D eigenvalue weighted by Gasteiger charge is -2.22. The molecule has 0 aliphatic carbocycles. The summed E-state index contributed by atoms with van der Waals surface area (Å²) in [5.74, 6) is 1.79. The first kappa shape index (κ1) is 15.1. The van der Waals surface area contributed by atoms with Crippen LogP contribution < -0.4 is 10.1 Å². The number of hydrogen-bond acceptors (Lipinski definition) is 2. The first-order valence-corrected chi connectivity index (χ1v) is 7.01. The molecule has 96 valence electrons. The van der Waals surface area contributed by atoms with E-state index in [1.807, 2.05) is 12.1 Å². The second kappa shape index (κ2) is 8.16. The Morgan fingerprint density at radius 3 is 2.71 bits per heavy atom. The van der Waals surface area contributed by atoms with Gasteiger partial charge in [0.25, 0.3) is 0 Å². The van der Waals surface area contributed by atoms with Crippen LogP contribution in [0.3, 0.4) is 0 Å². The van der Waals surface area contributed by atoms with Gasteiger partial charge in [-0.3, -0.25) is 0 Å². The molecule has 0 spiro atoms. The van der Waals surface area contributed by atoms with Crippen LogP contribution in [-0.2, 0) is 0 Å². The molecule has 1 fully saturated rings. The molecule has 0 radical (unpaired) electrons.